The van der Waals surface area contributed by atoms with Crippen LogP contribution >= 0.6 is 11.8 Å². The van der Waals surface area contributed by atoms with Gasteiger partial charge in [0, 0.05) is 33.4 Å². The Bertz CT molecular complexity index is 421. The minimum atomic E-state index is -1.06. The van der Waals surface area contributed by atoms with Crippen LogP contribution in [0.4, 0.5) is 0 Å². The molecule has 9 heteroatoms. The van der Waals surface area contributed by atoms with Gasteiger partial charge in [-0.3, -0.25) is 19.2 Å². The molecule has 0 spiro atoms. The molecular formula is C13H18O8S. The Hall–Kier alpha value is -1.77. The van der Waals surface area contributed by atoms with Crippen LogP contribution < -0.4 is 0 Å². The summed E-state index contributed by atoms with van der Waals surface area (Å²) in [6.07, 6.45) is -2.91. The topological polar surface area (TPSA) is 105 Å². The molecule has 0 unspecified atom stereocenters. The minimum absolute atomic E-state index is 0.229. The molecule has 1 fully saturated rings. The van der Waals surface area contributed by atoms with Crippen LogP contribution in [0.5, 0.6) is 0 Å². The van der Waals surface area contributed by atoms with E-state index >= 15 is 0 Å². The third-order valence-electron chi connectivity index (χ3n) is 2.59. The lowest BCUT2D eigenvalue weighted by molar-refractivity contribution is -0.191. The first-order valence-corrected chi connectivity index (χ1v) is 7.56. The van der Waals surface area contributed by atoms with Gasteiger partial charge in [0.2, 0.25) is 0 Å². The summed E-state index contributed by atoms with van der Waals surface area (Å²) < 4.78 is 20.4. The van der Waals surface area contributed by atoms with Crippen molar-refractivity contribution in [3.63, 3.8) is 0 Å². The summed E-state index contributed by atoms with van der Waals surface area (Å²) in [4.78, 5) is 44.9. The maximum atomic E-state index is 11.3. The zero-order valence-corrected chi connectivity index (χ0v) is 13.5. The predicted octanol–water partition coefficient (Wildman–Crippen LogP) is 0.417. The summed E-state index contributed by atoms with van der Waals surface area (Å²) in [5.74, 6) is -2.17. The van der Waals surface area contributed by atoms with Crippen molar-refractivity contribution in [1.29, 1.82) is 0 Å². The molecule has 1 heterocycles. The largest absolute Gasteiger partial charge is 0.458 e. The molecule has 0 N–H and O–H groups in total. The molecule has 0 radical (unpaired) electrons. The molecular weight excluding hydrogens is 316 g/mol. The van der Waals surface area contributed by atoms with Gasteiger partial charge in [-0.15, -0.1) is 11.8 Å². The molecule has 1 saturated heterocycles. The van der Waals surface area contributed by atoms with Crippen molar-refractivity contribution in [2.24, 2.45) is 0 Å². The quantitative estimate of drug-likeness (QED) is 0.534. The average Bonchev–Trinajstić information content (AvgIpc) is 2.34. The van der Waals surface area contributed by atoms with Crippen LogP contribution in [0, 0.1) is 0 Å². The van der Waals surface area contributed by atoms with E-state index in [1.165, 1.54) is 27.7 Å². The molecule has 8 nitrogen and oxygen atoms in total. The zero-order valence-electron chi connectivity index (χ0n) is 12.7. The van der Waals surface area contributed by atoms with E-state index in [1.54, 1.807) is 0 Å². The number of hydrogen-bond acceptors (Lipinski definition) is 9. The zero-order chi connectivity index (χ0) is 16.9. The normalized spacial score (nSPS) is 27.5. The SMILES string of the molecule is CC(=O)O[C@H]1[C@H](OC(C)=O)[C@@H](OC(C)=O)SC[C@H]1OC(C)=O. The lowest BCUT2D eigenvalue weighted by Crippen LogP contribution is -2.55. The number of hydrogen-bond donors (Lipinski definition) is 0. The molecule has 4 atom stereocenters. The highest BCUT2D eigenvalue weighted by Crippen LogP contribution is 2.33. The fourth-order valence-electron chi connectivity index (χ4n) is 1.97. The van der Waals surface area contributed by atoms with Crippen LogP contribution in [0.25, 0.3) is 0 Å². The molecule has 1 aliphatic rings. The van der Waals surface area contributed by atoms with Crippen LogP contribution in [0.3, 0.4) is 0 Å². The second kappa shape index (κ2) is 8.02. The molecule has 0 amide bonds. The Kier molecular flexibility index (Phi) is 6.66. The minimum Gasteiger partial charge on any atom is -0.458 e. The molecule has 22 heavy (non-hydrogen) atoms. The van der Waals surface area contributed by atoms with Gasteiger partial charge in [0.1, 0.15) is 0 Å². The molecule has 124 valence electrons. The second-order valence-corrected chi connectivity index (χ2v) is 5.74. The summed E-state index contributed by atoms with van der Waals surface area (Å²) in [7, 11) is 0. The van der Waals surface area contributed by atoms with E-state index in [9.17, 15) is 19.2 Å². The van der Waals surface area contributed by atoms with E-state index in [4.69, 9.17) is 18.9 Å². The standard InChI is InChI=1S/C13H18O8S/c1-6(14)18-10-5-22-13(21-9(4)17)12(20-8(3)16)11(10)19-7(2)15/h10-13H,5H2,1-4H3/t10-,11-,12+,13+/m1/s1. The van der Waals surface area contributed by atoms with E-state index in [0.29, 0.717) is 0 Å². The third-order valence-corrected chi connectivity index (χ3v) is 3.80. The van der Waals surface area contributed by atoms with Gasteiger partial charge in [-0.1, -0.05) is 0 Å². The molecule has 0 aromatic carbocycles. The summed E-state index contributed by atoms with van der Waals surface area (Å²) in [5, 5.41) is 0. The van der Waals surface area contributed by atoms with E-state index in [1.807, 2.05) is 0 Å². The van der Waals surface area contributed by atoms with Crippen molar-refractivity contribution in [2.75, 3.05) is 5.75 Å². The second-order valence-electron chi connectivity index (χ2n) is 4.61. The van der Waals surface area contributed by atoms with Crippen molar-refractivity contribution in [2.45, 2.75) is 51.4 Å². The van der Waals surface area contributed by atoms with Crippen LogP contribution in [-0.2, 0) is 38.1 Å². The maximum absolute atomic E-state index is 11.3. The van der Waals surface area contributed by atoms with Gasteiger partial charge < -0.3 is 18.9 Å². The van der Waals surface area contributed by atoms with Crippen LogP contribution in [-0.4, -0.2) is 53.4 Å². The third kappa shape index (κ3) is 5.55. The van der Waals surface area contributed by atoms with E-state index in [-0.39, 0.29) is 5.75 Å². The van der Waals surface area contributed by atoms with Crippen LogP contribution in [0.2, 0.25) is 0 Å². The van der Waals surface area contributed by atoms with Gasteiger partial charge in [-0.05, 0) is 0 Å². The van der Waals surface area contributed by atoms with Crippen molar-refractivity contribution < 1.29 is 38.1 Å². The Labute approximate surface area is 131 Å². The van der Waals surface area contributed by atoms with Gasteiger partial charge >= 0.3 is 23.9 Å². The lowest BCUT2D eigenvalue weighted by Gasteiger charge is -2.39. The van der Waals surface area contributed by atoms with Gasteiger partial charge in [-0.25, -0.2) is 0 Å². The number of carbonyl (C=O) groups is 4. The Morgan fingerprint density at radius 1 is 0.727 bits per heavy atom. The molecule has 0 bridgehead atoms. The van der Waals surface area contributed by atoms with Gasteiger partial charge in [0.05, 0.1) is 0 Å². The molecule has 1 rings (SSSR count). The van der Waals surface area contributed by atoms with Crippen LogP contribution in [0.1, 0.15) is 27.7 Å². The van der Waals surface area contributed by atoms with Crippen molar-refractivity contribution in [3.05, 3.63) is 0 Å². The molecule has 0 saturated carbocycles. The fourth-order valence-corrected chi connectivity index (χ4v) is 3.21. The van der Waals surface area contributed by atoms with E-state index in [2.05, 4.69) is 0 Å². The maximum Gasteiger partial charge on any atom is 0.303 e. The smallest absolute Gasteiger partial charge is 0.303 e. The van der Waals surface area contributed by atoms with Gasteiger partial charge in [0.25, 0.3) is 0 Å². The summed E-state index contributed by atoms with van der Waals surface area (Å²) >= 11 is 1.13. The number of esters is 4. The molecule has 1 aliphatic heterocycles. The van der Waals surface area contributed by atoms with Crippen molar-refractivity contribution in [3.8, 4) is 0 Å². The number of rotatable bonds is 4. The predicted molar refractivity (Wildman–Crippen MR) is 74.7 cm³/mol. The summed E-state index contributed by atoms with van der Waals surface area (Å²) in [6.45, 7) is 4.78. The summed E-state index contributed by atoms with van der Waals surface area (Å²) in [6, 6.07) is 0. The first kappa shape index (κ1) is 18.3. The first-order chi connectivity index (χ1) is 10.2. The van der Waals surface area contributed by atoms with E-state index in [0.717, 1.165) is 11.8 Å². The van der Waals surface area contributed by atoms with E-state index < -0.39 is 47.6 Å². The number of thioether (sulfide) groups is 1. The monoisotopic (exact) mass is 334 g/mol. The molecule has 0 aliphatic carbocycles. The summed E-state index contributed by atoms with van der Waals surface area (Å²) in [5.41, 5.74) is -0.849. The highest BCUT2D eigenvalue weighted by atomic mass is 32.2. The van der Waals surface area contributed by atoms with Gasteiger partial charge in [0.15, 0.2) is 23.7 Å². The van der Waals surface area contributed by atoms with Crippen molar-refractivity contribution in [1.82, 2.24) is 0 Å². The lowest BCUT2D eigenvalue weighted by atomic mass is 10.1. The number of carbonyl (C=O) groups excluding carboxylic acids is 4. The highest BCUT2D eigenvalue weighted by molar-refractivity contribution is 7.99. The van der Waals surface area contributed by atoms with Gasteiger partial charge in [-0.2, -0.15) is 0 Å². The first-order valence-electron chi connectivity index (χ1n) is 6.51. The average molecular weight is 334 g/mol. The Balaban J connectivity index is 3.03. The highest BCUT2D eigenvalue weighted by Gasteiger charge is 2.47. The van der Waals surface area contributed by atoms with Crippen LogP contribution in [0.15, 0.2) is 0 Å². The molecule has 0 aromatic heterocycles. The Morgan fingerprint density at radius 2 is 1.18 bits per heavy atom. The van der Waals surface area contributed by atoms with Crippen molar-refractivity contribution >= 4 is 35.6 Å². The number of ether oxygens (including phenoxy) is 4. The fraction of sp³-hybridized carbons (Fsp3) is 0.692. The molecule has 0 aromatic rings. The Morgan fingerprint density at radius 3 is 1.64 bits per heavy atom.